The number of carbonyl (C=O) groups excluding carboxylic acids is 1. The number of piperazine rings is 1. The topological polar surface area (TPSA) is 56.4 Å². The fourth-order valence-corrected chi connectivity index (χ4v) is 4.15. The fraction of sp³-hybridized carbons (Fsp3) is 0.318. The molecule has 0 aromatic heterocycles. The first-order chi connectivity index (χ1) is 14.6. The van der Waals surface area contributed by atoms with Crippen molar-refractivity contribution < 1.29 is 22.4 Å². The Morgan fingerprint density at radius 3 is 2.52 bits per heavy atom. The van der Waals surface area contributed by atoms with Gasteiger partial charge in [0.25, 0.3) is 5.91 Å². The van der Waals surface area contributed by atoms with Gasteiger partial charge in [0.15, 0.2) is 0 Å². The van der Waals surface area contributed by atoms with Crippen molar-refractivity contribution in [3.63, 3.8) is 0 Å². The monoisotopic (exact) mass is 434 g/mol. The number of amides is 1. The molecule has 2 aliphatic heterocycles. The van der Waals surface area contributed by atoms with E-state index in [1.165, 1.54) is 30.5 Å². The van der Waals surface area contributed by atoms with Crippen molar-refractivity contribution in [3.05, 3.63) is 59.5 Å². The number of nitrogens with zero attached hydrogens (tertiary/aromatic N) is 1. The maximum atomic E-state index is 14.2. The first-order valence-electron chi connectivity index (χ1n) is 9.92. The molecule has 164 valence electrons. The smallest absolute Gasteiger partial charge is 0.368 e. The molecule has 1 fully saturated rings. The third-order valence-corrected chi connectivity index (χ3v) is 5.36. The Balaban J connectivity index is 1.65. The van der Waals surface area contributed by atoms with Crippen molar-refractivity contribution >= 4 is 28.5 Å². The summed E-state index contributed by atoms with van der Waals surface area (Å²) in [6.07, 6.45) is -3.32. The number of fused-ring (bicyclic) bond motifs is 1. The maximum Gasteiger partial charge on any atom is 0.418 e. The zero-order valence-corrected chi connectivity index (χ0v) is 17.0. The summed E-state index contributed by atoms with van der Waals surface area (Å²) in [5.41, 5.74) is -0.0591. The van der Waals surface area contributed by atoms with Gasteiger partial charge in [-0.2, -0.15) is 13.2 Å². The van der Waals surface area contributed by atoms with E-state index in [9.17, 15) is 22.4 Å². The molecule has 3 N–H and O–H groups in total. The van der Waals surface area contributed by atoms with Gasteiger partial charge in [-0.1, -0.05) is 6.07 Å². The van der Waals surface area contributed by atoms with Crippen LogP contribution >= 0.6 is 0 Å². The number of nitrogens with one attached hydrogen (secondary N) is 3. The highest BCUT2D eigenvalue weighted by atomic mass is 19.4. The Kier molecular flexibility index (Phi) is 5.38. The molecule has 9 heteroatoms. The van der Waals surface area contributed by atoms with Gasteiger partial charge in [0.05, 0.1) is 16.8 Å². The number of rotatable bonds is 3. The zero-order chi connectivity index (χ0) is 22.3. The van der Waals surface area contributed by atoms with E-state index in [2.05, 4.69) is 16.0 Å². The molecule has 31 heavy (non-hydrogen) atoms. The molecular formula is C22H22F4N4O. The standard InChI is InChI=1S/C22H22F4N4O/c1-12-10-30(11-13(2)28-12)19-7-6-14(8-16(19)22(24,25)26)27-9-15-20-17(23)4-3-5-18(20)29-21(15)31/h3-9,12-13,27-28H,10-11H2,1-2H3,(H,29,31). The van der Waals surface area contributed by atoms with Crippen LogP contribution in [0, 0.1) is 5.82 Å². The number of anilines is 3. The first kappa shape index (κ1) is 21.2. The normalized spacial score (nSPS) is 22.5. The molecule has 0 radical (unpaired) electrons. The number of hydrogen-bond acceptors (Lipinski definition) is 4. The highest BCUT2D eigenvalue weighted by Gasteiger charge is 2.36. The van der Waals surface area contributed by atoms with Crippen LogP contribution in [0.15, 0.2) is 42.6 Å². The predicted molar refractivity (Wildman–Crippen MR) is 112 cm³/mol. The summed E-state index contributed by atoms with van der Waals surface area (Å²) in [5, 5.41) is 8.57. The second-order valence-corrected chi connectivity index (χ2v) is 7.92. The Hall–Kier alpha value is -3.07. The summed E-state index contributed by atoms with van der Waals surface area (Å²) in [5.74, 6) is -1.11. The summed E-state index contributed by atoms with van der Waals surface area (Å²) in [6.45, 7) is 4.78. The van der Waals surface area contributed by atoms with Crippen LogP contribution in [0.3, 0.4) is 0 Å². The molecule has 1 amide bonds. The quantitative estimate of drug-likeness (QED) is 0.494. The lowest BCUT2D eigenvalue weighted by atomic mass is 10.1. The minimum atomic E-state index is -4.55. The molecule has 4 rings (SSSR count). The Labute approximate surface area is 177 Å². The van der Waals surface area contributed by atoms with E-state index in [4.69, 9.17) is 0 Å². The molecule has 0 saturated carbocycles. The number of alkyl halides is 3. The number of benzene rings is 2. The molecular weight excluding hydrogens is 412 g/mol. The van der Waals surface area contributed by atoms with Gasteiger partial charge in [-0.25, -0.2) is 4.39 Å². The highest BCUT2D eigenvalue weighted by Crippen LogP contribution is 2.39. The molecule has 2 aliphatic rings. The minimum Gasteiger partial charge on any atom is -0.368 e. The van der Waals surface area contributed by atoms with Crippen LogP contribution < -0.4 is 20.9 Å². The largest absolute Gasteiger partial charge is 0.418 e. The molecule has 5 nitrogen and oxygen atoms in total. The van der Waals surface area contributed by atoms with Crippen LogP contribution in [0.2, 0.25) is 0 Å². The summed E-state index contributed by atoms with van der Waals surface area (Å²) in [6, 6.07) is 8.33. The van der Waals surface area contributed by atoms with Gasteiger partial charge >= 0.3 is 6.18 Å². The van der Waals surface area contributed by atoms with Crippen molar-refractivity contribution in [2.45, 2.75) is 32.1 Å². The van der Waals surface area contributed by atoms with E-state index < -0.39 is 23.5 Å². The average Bonchev–Trinajstić information content (AvgIpc) is 3.01. The van der Waals surface area contributed by atoms with E-state index in [0.717, 1.165) is 6.07 Å². The van der Waals surface area contributed by atoms with Gasteiger partial charge in [0.1, 0.15) is 5.82 Å². The summed E-state index contributed by atoms with van der Waals surface area (Å²) < 4.78 is 55.7. The van der Waals surface area contributed by atoms with Crippen molar-refractivity contribution in [3.8, 4) is 0 Å². The highest BCUT2D eigenvalue weighted by molar-refractivity contribution is 6.31. The molecule has 2 aromatic rings. The lowest BCUT2D eigenvalue weighted by Gasteiger charge is -2.38. The van der Waals surface area contributed by atoms with Crippen molar-refractivity contribution in [2.24, 2.45) is 0 Å². The second kappa shape index (κ2) is 7.88. The Bertz CT molecular complexity index is 1040. The van der Waals surface area contributed by atoms with Crippen LogP contribution in [-0.4, -0.2) is 31.1 Å². The molecule has 0 aliphatic carbocycles. The third-order valence-electron chi connectivity index (χ3n) is 5.36. The van der Waals surface area contributed by atoms with Crippen molar-refractivity contribution in [1.82, 2.24) is 5.32 Å². The van der Waals surface area contributed by atoms with Crippen LogP contribution in [-0.2, 0) is 11.0 Å². The summed E-state index contributed by atoms with van der Waals surface area (Å²) >= 11 is 0. The van der Waals surface area contributed by atoms with Crippen LogP contribution in [0.1, 0.15) is 25.0 Å². The SMILES string of the molecule is CC1CN(c2ccc(NC=C3C(=O)Nc4cccc(F)c43)cc2C(F)(F)F)CC(C)N1. The number of hydrogen-bond donors (Lipinski definition) is 3. The Morgan fingerprint density at radius 2 is 1.84 bits per heavy atom. The van der Waals surface area contributed by atoms with Crippen molar-refractivity contribution in [1.29, 1.82) is 0 Å². The third kappa shape index (κ3) is 4.23. The van der Waals surface area contributed by atoms with Gasteiger partial charge in [-0.05, 0) is 44.2 Å². The van der Waals surface area contributed by atoms with E-state index >= 15 is 0 Å². The molecule has 0 spiro atoms. The van der Waals surface area contributed by atoms with Gasteiger partial charge in [0.2, 0.25) is 0 Å². The lowest BCUT2D eigenvalue weighted by molar-refractivity contribution is -0.137. The first-order valence-corrected chi connectivity index (χ1v) is 9.92. The lowest BCUT2D eigenvalue weighted by Crippen LogP contribution is -2.54. The fourth-order valence-electron chi connectivity index (χ4n) is 4.15. The van der Waals surface area contributed by atoms with Gasteiger partial charge in [-0.3, -0.25) is 4.79 Å². The maximum absolute atomic E-state index is 14.2. The van der Waals surface area contributed by atoms with Gasteiger partial charge in [-0.15, -0.1) is 0 Å². The van der Waals surface area contributed by atoms with E-state index in [1.807, 2.05) is 13.8 Å². The van der Waals surface area contributed by atoms with Gasteiger partial charge < -0.3 is 20.9 Å². The second-order valence-electron chi connectivity index (χ2n) is 7.92. The van der Waals surface area contributed by atoms with E-state index in [1.54, 1.807) is 11.0 Å². The van der Waals surface area contributed by atoms with Gasteiger partial charge in [0, 0.05) is 48.3 Å². The van der Waals surface area contributed by atoms with E-state index in [0.29, 0.717) is 18.8 Å². The van der Waals surface area contributed by atoms with Crippen LogP contribution in [0.25, 0.3) is 5.57 Å². The Morgan fingerprint density at radius 1 is 1.13 bits per heavy atom. The van der Waals surface area contributed by atoms with E-state index in [-0.39, 0.29) is 34.6 Å². The summed E-state index contributed by atoms with van der Waals surface area (Å²) in [4.78, 5) is 13.9. The summed E-state index contributed by atoms with van der Waals surface area (Å²) in [7, 11) is 0. The van der Waals surface area contributed by atoms with Crippen LogP contribution in [0.4, 0.5) is 34.6 Å². The average molecular weight is 434 g/mol. The molecule has 2 aromatic carbocycles. The zero-order valence-electron chi connectivity index (χ0n) is 17.0. The number of carbonyl (C=O) groups is 1. The molecule has 0 bridgehead atoms. The number of halogens is 4. The van der Waals surface area contributed by atoms with Crippen molar-refractivity contribution in [2.75, 3.05) is 28.6 Å². The molecule has 2 unspecified atom stereocenters. The molecule has 2 heterocycles. The van der Waals surface area contributed by atoms with Crippen LogP contribution in [0.5, 0.6) is 0 Å². The molecule has 1 saturated heterocycles. The minimum absolute atomic E-state index is 0.0236. The molecule has 2 atom stereocenters. The predicted octanol–water partition coefficient (Wildman–Crippen LogP) is 4.44.